The number of para-hydroxylation sites is 2. The van der Waals surface area contributed by atoms with Gasteiger partial charge in [-0.2, -0.15) is 0 Å². The van der Waals surface area contributed by atoms with Crippen molar-refractivity contribution in [3.8, 4) is 11.5 Å². The molecule has 0 atom stereocenters. The Kier molecular flexibility index (Phi) is 5.21. The van der Waals surface area contributed by atoms with Crippen LogP contribution in [-0.4, -0.2) is 31.1 Å². The molecule has 0 bridgehead atoms. The second kappa shape index (κ2) is 7.32. The Bertz CT molecular complexity index is 811. The lowest BCUT2D eigenvalue weighted by Crippen LogP contribution is -2.08. The third-order valence-corrected chi connectivity index (χ3v) is 3.45. The molecule has 0 aliphatic heterocycles. The van der Waals surface area contributed by atoms with Crippen LogP contribution in [0.2, 0.25) is 0 Å². The van der Waals surface area contributed by atoms with Gasteiger partial charge in [-0.15, -0.1) is 0 Å². The number of ether oxygens (including phenoxy) is 2. The van der Waals surface area contributed by atoms with Crippen molar-refractivity contribution in [1.29, 1.82) is 0 Å². The number of allylic oxidation sites excluding steroid dienone is 1. The molecule has 3 N–H and O–H groups in total. The summed E-state index contributed by atoms with van der Waals surface area (Å²) < 4.78 is 10.5. The van der Waals surface area contributed by atoms with E-state index in [9.17, 15) is 9.59 Å². The van der Waals surface area contributed by atoms with Gasteiger partial charge in [0.05, 0.1) is 25.5 Å². The van der Waals surface area contributed by atoms with E-state index >= 15 is 0 Å². The van der Waals surface area contributed by atoms with Crippen LogP contribution in [0.3, 0.4) is 0 Å². The van der Waals surface area contributed by atoms with Crippen molar-refractivity contribution in [3.05, 3.63) is 59.2 Å². The van der Waals surface area contributed by atoms with E-state index in [1.165, 1.54) is 38.5 Å². The average molecular weight is 327 g/mol. The van der Waals surface area contributed by atoms with E-state index in [-0.39, 0.29) is 16.8 Å². The SMILES string of the molecule is COc1cccc(C=CC(=O)c2cccc(C(=O)O)c2N)c1OC. The quantitative estimate of drug-likeness (QED) is 0.481. The van der Waals surface area contributed by atoms with Crippen molar-refractivity contribution in [2.75, 3.05) is 20.0 Å². The lowest BCUT2D eigenvalue weighted by molar-refractivity contribution is 0.0698. The summed E-state index contributed by atoms with van der Waals surface area (Å²) in [6, 6.07) is 9.59. The van der Waals surface area contributed by atoms with Crippen LogP contribution in [0.15, 0.2) is 42.5 Å². The molecule has 0 heterocycles. The van der Waals surface area contributed by atoms with Gasteiger partial charge in [0.2, 0.25) is 0 Å². The highest BCUT2D eigenvalue weighted by Crippen LogP contribution is 2.31. The summed E-state index contributed by atoms with van der Waals surface area (Å²) in [5, 5.41) is 9.07. The topological polar surface area (TPSA) is 98.9 Å². The number of anilines is 1. The summed E-state index contributed by atoms with van der Waals surface area (Å²) >= 11 is 0. The summed E-state index contributed by atoms with van der Waals surface area (Å²) in [5.74, 6) is -0.545. The van der Waals surface area contributed by atoms with E-state index in [4.69, 9.17) is 20.3 Å². The van der Waals surface area contributed by atoms with Crippen molar-refractivity contribution >= 4 is 23.5 Å². The van der Waals surface area contributed by atoms with E-state index in [0.717, 1.165) is 0 Å². The smallest absolute Gasteiger partial charge is 0.337 e. The normalized spacial score (nSPS) is 10.6. The van der Waals surface area contributed by atoms with Gasteiger partial charge in [0, 0.05) is 11.1 Å². The molecule has 2 rings (SSSR count). The Balaban J connectivity index is 2.36. The van der Waals surface area contributed by atoms with Crippen molar-refractivity contribution in [1.82, 2.24) is 0 Å². The minimum Gasteiger partial charge on any atom is -0.493 e. The van der Waals surface area contributed by atoms with Gasteiger partial charge in [-0.3, -0.25) is 4.79 Å². The van der Waals surface area contributed by atoms with Gasteiger partial charge in [-0.25, -0.2) is 4.79 Å². The van der Waals surface area contributed by atoms with Crippen LogP contribution in [-0.2, 0) is 0 Å². The number of benzene rings is 2. The van der Waals surface area contributed by atoms with Gasteiger partial charge < -0.3 is 20.3 Å². The van der Waals surface area contributed by atoms with Gasteiger partial charge in [0.15, 0.2) is 17.3 Å². The Morgan fingerprint density at radius 3 is 2.33 bits per heavy atom. The van der Waals surface area contributed by atoms with Crippen LogP contribution in [0.4, 0.5) is 5.69 Å². The summed E-state index contributed by atoms with van der Waals surface area (Å²) in [5.41, 5.74) is 6.40. The fourth-order valence-electron chi connectivity index (χ4n) is 2.27. The number of carboxylic acid groups (broad SMARTS) is 1. The molecule has 0 aliphatic rings. The van der Waals surface area contributed by atoms with Gasteiger partial charge in [-0.1, -0.05) is 18.2 Å². The molecule has 0 unspecified atom stereocenters. The highest BCUT2D eigenvalue weighted by Gasteiger charge is 2.15. The lowest BCUT2D eigenvalue weighted by atomic mass is 10.0. The van der Waals surface area contributed by atoms with Crippen LogP contribution >= 0.6 is 0 Å². The monoisotopic (exact) mass is 327 g/mol. The maximum Gasteiger partial charge on any atom is 0.337 e. The maximum atomic E-state index is 12.3. The van der Waals surface area contributed by atoms with Crippen LogP contribution in [0, 0.1) is 0 Å². The number of aromatic carboxylic acids is 1. The number of carbonyl (C=O) groups excluding carboxylic acids is 1. The first-order chi connectivity index (χ1) is 11.5. The van der Waals surface area contributed by atoms with Crippen LogP contribution < -0.4 is 15.2 Å². The highest BCUT2D eigenvalue weighted by molar-refractivity contribution is 6.12. The predicted octanol–water partition coefficient (Wildman–Crippen LogP) is 2.88. The molecule has 0 radical (unpaired) electrons. The standard InChI is InChI=1S/C18H17NO5/c1-23-15-8-3-5-11(17(15)24-2)9-10-14(20)12-6-4-7-13(16(12)19)18(21)22/h3-10H,19H2,1-2H3,(H,21,22). The first-order valence-corrected chi connectivity index (χ1v) is 7.04. The Hall–Kier alpha value is -3.28. The molecule has 0 saturated carbocycles. The number of nitrogen functional groups attached to an aromatic ring is 1. The van der Waals surface area contributed by atoms with E-state index in [1.807, 2.05) is 0 Å². The zero-order valence-corrected chi connectivity index (χ0v) is 13.3. The number of hydrogen-bond donors (Lipinski definition) is 2. The zero-order valence-electron chi connectivity index (χ0n) is 13.3. The van der Waals surface area contributed by atoms with Crippen LogP contribution in [0.1, 0.15) is 26.3 Å². The number of carboxylic acids is 1. The minimum absolute atomic E-state index is 0.0581. The van der Waals surface area contributed by atoms with Gasteiger partial charge >= 0.3 is 5.97 Å². The molecule has 0 fully saturated rings. The molecule has 2 aromatic rings. The molecule has 0 spiro atoms. The Labute approximate surface area is 139 Å². The second-order valence-corrected chi connectivity index (χ2v) is 4.85. The molecule has 6 heteroatoms. The number of ketones is 1. The maximum absolute atomic E-state index is 12.3. The predicted molar refractivity (Wildman–Crippen MR) is 90.7 cm³/mol. The highest BCUT2D eigenvalue weighted by atomic mass is 16.5. The zero-order chi connectivity index (χ0) is 17.7. The summed E-state index contributed by atoms with van der Waals surface area (Å²) in [6.07, 6.45) is 2.88. The summed E-state index contributed by atoms with van der Waals surface area (Å²) in [4.78, 5) is 23.4. The minimum atomic E-state index is -1.18. The van der Waals surface area contributed by atoms with E-state index < -0.39 is 11.8 Å². The van der Waals surface area contributed by atoms with Crippen molar-refractivity contribution < 1.29 is 24.2 Å². The van der Waals surface area contributed by atoms with E-state index in [2.05, 4.69) is 0 Å². The molecule has 6 nitrogen and oxygen atoms in total. The number of rotatable bonds is 6. The first-order valence-electron chi connectivity index (χ1n) is 7.04. The second-order valence-electron chi connectivity index (χ2n) is 4.85. The van der Waals surface area contributed by atoms with Crippen molar-refractivity contribution in [3.63, 3.8) is 0 Å². The fourth-order valence-corrected chi connectivity index (χ4v) is 2.27. The summed E-state index contributed by atoms with van der Waals surface area (Å²) in [7, 11) is 3.03. The molecule has 0 amide bonds. The van der Waals surface area contributed by atoms with E-state index in [1.54, 1.807) is 24.3 Å². The molecule has 0 aliphatic carbocycles. The van der Waals surface area contributed by atoms with Crippen LogP contribution in [0.5, 0.6) is 11.5 Å². The first kappa shape index (κ1) is 17.1. The van der Waals surface area contributed by atoms with Gasteiger partial charge in [-0.05, 0) is 30.4 Å². The number of carbonyl (C=O) groups is 2. The molecule has 24 heavy (non-hydrogen) atoms. The number of hydrogen-bond acceptors (Lipinski definition) is 5. The molecular formula is C18H17NO5. The number of nitrogens with two attached hydrogens (primary N) is 1. The largest absolute Gasteiger partial charge is 0.493 e. The molecule has 0 aromatic heterocycles. The van der Waals surface area contributed by atoms with Gasteiger partial charge in [0.25, 0.3) is 0 Å². The third-order valence-electron chi connectivity index (χ3n) is 3.45. The van der Waals surface area contributed by atoms with E-state index in [0.29, 0.717) is 17.1 Å². The molecule has 0 saturated heterocycles. The molecule has 2 aromatic carbocycles. The van der Waals surface area contributed by atoms with Crippen molar-refractivity contribution in [2.45, 2.75) is 0 Å². The molecule has 124 valence electrons. The molecular weight excluding hydrogens is 310 g/mol. The third kappa shape index (κ3) is 3.38. The average Bonchev–Trinajstić information content (AvgIpc) is 2.58. The summed E-state index contributed by atoms with van der Waals surface area (Å²) in [6.45, 7) is 0. The van der Waals surface area contributed by atoms with Crippen molar-refractivity contribution in [2.24, 2.45) is 0 Å². The number of methoxy groups -OCH3 is 2. The van der Waals surface area contributed by atoms with Gasteiger partial charge in [0.1, 0.15) is 0 Å². The Morgan fingerprint density at radius 2 is 1.71 bits per heavy atom. The van der Waals surface area contributed by atoms with Crippen LogP contribution in [0.25, 0.3) is 6.08 Å². The Morgan fingerprint density at radius 1 is 1.04 bits per heavy atom. The lowest BCUT2D eigenvalue weighted by Gasteiger charge is -2.10. The fraction of sp³-hybridized carbons (Fsp3) is 0.111.